The topological polar surface area (TPSA) is 40.5 Å². The van der Waals surface area contributed by atoms with E-state index in [0.717, 1.165) is 31.6 Å². The fourth-order valence-electron chi connectivity index (χ4n) is 8.14. The highest BCUT2D eigenvalue weighted by Gasteiger charge is 2.58. The van der Waals surface area contributed by atoms with Gasteiger partial charge in [-0.3, -0.25) is 0 Å². The predicted molar refractivity (Wildman–Crippen MR) is 130 cm³/mol. The molecule has 1 fully saturated rings. The van der Waals surface area contributed by atoms with Crippen LogP contribution in [0.3, 0.4) is 0 Å². The third kappa shape index (κ3) is 3.52. The highest BCUT2D eigenvalue weighted by molar-refractivity contribution is 5.50. The zero-order valence-corrected chi connectivity index (χ0v) is 20.9. The third-order valence-corrected chi connectivity index (χ3v) is 10.5. The quantitative estimate of drug-likeness (QED) is 0.466. The molecular formula is C29H46O2. The van der Waals surface area contributed by atoms with Gasteiger partial charge in [-0.1, -0.05) is 58.4 Å². The van der Waals surface area contributed by atoms with Crippen molar-refractivity contribution in [2.45, 2.75) is 111 Å². The molecule has 0 aromatic heterocycles. The Bertz CT molecular complexity index is 800. The maximum atomic E-state index is 11.2. The molecule has 0 aliphatic heterocycles. The van der Waals surface area contributed by atoms with E-state index in [1.807, 2.05) is 6.92 Å². The Morgan fingerprint density at radius 1 is 1.10 bits per heavy atom. The molecule has 2 heteroatoms. The van der Waals surface area contributed by atoms with Crippen molar-refractivity contribution in [3.8, 4) is 0 Å². The van der Waals surface area contributed by atoms with E-state index in [4.69, 9.17) is 0 Å². The van der Waals surface area contributed by atoms with Crippen molar-refractivity contribution in [1.29, 1.82) is 0 Å². The van der Waals surface area contributed by atoms with E-state index in [1.165, 1.54) is 31.3 Å². The van der Waals surface area contributed by atoms with Gasteiger partial charge in [0.05, 0.1) is 11.7 Å². The first-order chi connectivity index (χ1) is 14.4. The van der Waals surface area contributed by atoms with Crippen molar-refractivity contribution < 1.29 is 10.2 Å². The first kappa shape index (κ1) is 23.3. The third-order valence-electron chi connectivity index (χ3n) is 10.5. The zero-order chi connectivity index (χ0) is 22.8. The standard InChI is InChI=1S/C29H46O2/c1-18(2)19(3)8-9-20(4)22-11-12-23-21-10-13-25-28(6,17-15-26(30)29(25,7)31)24(21)14-16-27(22,23)5/h12,18,20,22,25-26,30-31H,3,8-11,13-17H2,1-2,4-7H3/t20-,22-,25-,26+,27-,28-,29-/m1/s1. The summed E-state index contributed by atoms with van der Waals surface area (Å²) in [5.41, 5.74) is 5.69. The lowest BCUT2D eigenvalue weighted by atomic mass is 9.48. The highest BCUT2D eigenvalue weighted by atomic mass is 16.3. The van der Waals surface area contributed by atoms with E-state index < -0.39 is 11.7 Å². The van der Waals surface area contributed by atoms with Crippen LogP contribution in [0.1, 0.15) is 99.3 Å². The van der Waals surface area contributed by atoms with Crippen molar-refractivity contribution in [2.75, 3.05) is 0 Å². The summed E-state index contributed by atoms with van der Waals surface area (Å²) in [5, 5.41) is 21.7. The van der Waals surface area contributed by atoms with Crippen molar-refractivity contribution in [3.63, 3.8) is 0 Å². The Morgan fingerprint density at radius 3 is 2.48 bits per heavy atom. The van der Waals surface area contributed by atoms with Gasteiger partial charge in [-0.25, -0.2) is 0 Å². The average molecular weight is 427 g/mol. The molecule has 2 N–H and O–H groups in total. The van der Waals surface area contributed by atoms with E-state index in [1.54, 1.807) is 16.7 Å². The van der Waals surface area contributed by atoms with Gasteiger partial charge in [-0.05, 0) is 110 Å². The summed E-state index contributed by atoms with van der Waals surface area (Å²) in [5.74, 6) is 2.21. The molecule has 31 heavy (non-hydrogen) atoms. The van der Waals surface area contributed by atoms with Gasteiger partial charge in [0.1, 0.15) is 0 Å². The summed E-state index contributed by atoms with van der Waals surface area (Å²) in [4.78, 5) is 0. The second-order valence-electron chi connectivity index (χ2n) is 12.5. The minimum Gasteiger partial charge on any atom is -0.390 e. The largest absolute Gasteiger partial charge is 0.390 e. The Balaban J connectivity index is 1.58. The first-order valence-corrected chi connectivity index (χ1v) is 12.9. The van der Waals surface area contributed by atoms with E-state index in [2.05, 4.69) is 47.3 Å². The first-order valence-electron chi connectivity index (χ1n) is 12.9. The number of fused-ring (bicyclic) bond motifs is 4. The molecule has 0 saturated heterocycles. The summed E-state index contributed by atoms with van der Waals surface area (Å²) in [7, 11) is 0. The Labute approximate surface area is 190 Å². The van der Waals surface area contributed by atoms with Crippen LogP contribution in [0.5, 0.6) is 0 Å². The Hall–Kier alpha value is -0.860. The molecule has 2 nitrogen and oxygen atoms in total. The molecule has 174 valence electrons. The van der Waals surface area contributed by atoms with Gasteiger partial charge in [-0.2, -0.15) is 0 Å². The summed E-state index contributed by atoms with van der Waals surface area (Å²) in [6.45, 7) is 18.1. The molecule has 1 saturated carbocycles. The number of hydrogen-bond donors (Lipinski definition) is 2. The van der Waals surface area contributed by atoms with Gasteiger partial charge in [0.25, 0.3) is 0 Å². The molecule has 0 heterocycles. The van der Waals surface area contributed by atoms with Gasteiger partial charge >= 0.3 is 0 Å². The van der Waals surface area contributed by atoms with E-state index in [0.29, 0.717) is 23.7 Å². The summed E-state index contributed by atoms with van der Waals surface area (Å²) >= 11 is 0. The molecule has 4 rings (SSSR count). The minimum absolute atomic E-state index is 0.0389. The minimum atomic E-state index is -0.966. The zero-order valence-electron chi connectivity index (χ0n) is 20.9. The molecular weight excluding hydrogens is 380 g/mol. The molecule has 0 unspecified atom stereocenters. The molecule has 4 aliphatic rings. The van der Waals surface area contributed by atoms with Crippen molar-refractivity contribution in [1.82, 2.24) is 0 Å². The van der Waals surface area contributed by atoms with Crippen LogP contribution < -0.4 is 0 Å². The maximum Gasteiger partial charge on any atom is 0.0913 e. The fraction of sp³-hybridized carbons (Fsp3) is 0.793. The molecule has 4 aliphatic carbocycles. The van der Waals surface area contributed by atoms with Crippen LogP contribution in [-0.4, -0.2) is 21.9 Å². The molecule has 0 aromatic carbocycles. The predicted octanol–water partition coefficient (Wildman–Crippen LogP) is 6.98. The molecule has 0 bridgehead atoms. The van der Waals surface area contributed by atoms with Crippen LogP contribution in [0.2, 0.25) is 0 Å². The van der Waals surface area contributed by atoms with Crippen LogP contribution in [0, 0.1) is 34.5 Å². The molecule has 7 atom stereocenters. The number of aliphatic hydroxyl groups excluding tert-OH is 1. The number of aliphatic hydroxyl groups is 2. The van der Waals surface area contributed by atoms with Gasteiger partial charge < -0.3 is 10.2 Å². The van der Waals surface area contributed by atoms with Gasteiger partial charge in [0.2, 0.25) is 0 Å². The second-order valence-corrected chi connectivity index (χ2v) is 12.5. The SMILES string of the molecule is C=C(CC[C@@H](C)[C@H]1CC=C2C3=C(CC[C@@]21C)[C@@]1(C)CC[C@H](O)[C@](C)(O)[C@@H]1CC3)C(C)C. The van der Waals surface area contributed by atoms with Crippen LogP contribution in [-0.2, 0) is 0 Å². The summed E-state index contributed by atoms with van der Waals surface area (Å²) < 4.78 is 0. The van der Waals surface area contributed by atoms with Crippen molar-refractivity contribution in [3.05, 3.63) is 34.9 Å². The smallest absolute Gasteiger partial charge is 0.0913 e. The van der Waals surface area contributed by atoms with Gasteiger partial charge in [0.15, 0.2) is 0 Å². The normalized spacial score (nSPS) is 43.3. The average Bonchev–Trinajstić information content (AvgIpc) is 3.06. The molecule has 0 radical (unpaired) electrons. The molecule has 0 aromatic rings. The lowest BCUT2D eigenvalue weighted by Crippen LogP contribution is -2.58. The molecule has 0 amide bonds. The van der Waals surface area contributed by atoms with Crippen LogP contribution >= 0.6 is 0 Å². The van der Waals surface area contributed by atoms with E-state index in [9.17, 15) is 10.2 Å². The van der Waals surface area contributed by atoms with Crippen LogP contribution in [0.15, 0.2) is 34.9 Å². The van der Waals surface area contributed by atoms with Gasteiger partial charge in [0, 0.05) is 0 Å². The Kier molecular flexibility index (Phi) is 5.92. The van der Waals surface area contributed by atoms with E-state index in [-0.39, 0.29) is 11.3 Å². The van der Waals surface area contributed by atoms with E-state index >= 15 is 0 Å². The summed E-state index contributed by atoms with van der Waals surface area (Å²) in [6.07, 6.45) is 11.8. The fourth-order valence-corrected chi connectivity index (χ4v) is 8.14. The monoisotopic (exact) mass is 426 g/mol. The number of rotatable bonds is 5. The highest BCUT2D eigenvalue weighted by Crippen LogP contribution is 2.65. The van der Waals surface area contributed by atoms with Gasteiger partial charge in [-0.15, -0.1) is 0 Å². The maximum absolute atomic E-state index is 11.2. The lowest BCUT2D eigenvalue weighted by Gasteiger charge is -2.58. The van der Waals surface area contributed by atoms with Crippen LogP contribution in [0.4, 0.5) is 0 Å². The molecule has 0 spiro atoms. The number of hydrogen-bond acceptors (Lipinski definition) is 2. The van der Waals surface area contributed by atoms with Crippen LogP contribution in [0.25, 0.3) is 0 Å². The summed E-state index contributed by atoms with van der Waals surface area (Å²) in [6, 6.07) is 0. The Morgan fingerprint density at radius 2 is 1.81 bits per heavy atom. The lowest BCUT2D eigenvalue weighted by molar-refractivity contribution is -0.164. The number of allylic oxidation sites excluding steroid dienone is 5. The van der Waals surface area contributed by atoms with Crippen molar-refractivity contribution in [2.24, 2.45) is 34.5 Å². The van der Waals surface area contributed by atoms with Crippen molar-refractivity contribution >= 4 is 0 Å². The second kappa shape index (κ2) is 7.87.